The van der Waals surface area contributed by atoms with Crippen LogP contribution in [-0.4, -0.2) is 9.97 Å². The van der Waals surface area contributed by atoms with Gasteiger partial charge in [0.25, 0.3) is 0 Å². The van der Waals surface area contributed by atoms with Gasteiger partial charge in [-0.15, -0.1) is 0 Å². The highest BCUT2D eigenvalue weighted by Crippen LogP contribution is 2.21. The molecule has 1 heterocycles. The van der Waals surface area contributed by atoms with Crippen LogP contribution in [0.2, 0.25) is 5.02 Å². The maximum atomic E-state index is 12.9. The summed E-state index contributed by atoms with van der Waals surface area (Å²) in [6, 6.07) is 4.31. The molecule has 0 bridgehead atoms. The van der Waals surface area contributed by atoms with Gasteiger partial charge in [-0.1, -0.05) is 29.9 Å². The van der Waals surface area contributed by atoms with Crippen molar-refractivity contribution in [2.45, 2.75) is 13.3 Å². The third kappa shape index (κ3) is 2.96. The van der Waals surface area contributed by atoms with Crippen molar-refractivity contribution >= 4 is 39.7 Å². The zero-order chi connectivity index (χ0) is 13.3. The van der Waals surface area contributed by atoms with Crippen LogP contribution in [0.5, 0.6) is 0 Å². The standard InChI is InChI=1S/C12H9BrClFN2S/c1-6-11(13)12(18)17-10(16-6)4-7-2-3-8(15)5-9(7)14/h2-3,5H,4H2,1H3,(H,16,17,18). The number of halogens is 3. The van der Waals surface area contributed by atoms with Crippen molar-refractivity contribution in [2.75, 3.05) is 0 Å². The smallest absolute Gasteiger partial charge is 0.144 e. The van der Waals surface area contributed by atoms with Crippen molar-refractivity contribution in [3.63, 3.8) is 0 Å². The largest absolute Gasteiger partial charge is 0.346 e. The van der Waals surface area contributed by atoms with Crippen LogP contribution in [-0.2, 0) is 6.42 Å². The molecule has 0 unspecified atom stereocenters. The minimum atomic E-state index is -0.350. The van der Waals surface area contributed by atoms with Gasteiger partial charge in [0, 0.05) is 17.1 Å². The van der Waals surface area contributed by atoms with Crippen LogP contribution in [0, 0.1) is 17.4 Å². The van der Waals surface area contributed by atoms with Crippen LogP contribution in [0.25, 0.3) is 0 Å². The summed E-state index contributed by atoms with van der Waals surface area (Å²) in [4.78, 5) is 7.38. The second-order valence-corrected chi connectivity index (χ2v) is 5.43. The molecule has 94 valence electrons. The maximum absolute atomic E-state index is 12.9. The van der Waals surface area contributed by atoms with Gasteiger partial charge < -0.3 is 4.98 Å². The lowest BCUT2D eigenvalue weighted by molar-refractivity contribution is 0.627. The molecule has 0 radical (unpaired) electrons. The first-order valence-electron chi connectivity index (χ1n) is 5.16. The lowest BCUT2D eigenvalue weighted by atomic mass is 10.1. The quantitative estimate of drug-likeness (QED) is 0.805. The summed E-state index contributed by atoms with van der Waals surface area (Å²) in [6.07, 6.45) is 0.483. The summed E-state index contributed by atoms with van der Waals surface area (Å²) in [5, 5.41) is 0.386. The third-order valence-corrected chi connectivity index (χ3v) is 4.34. The average Bonchev–Trinajstić information content (AvgIpc) is 2.29. The molecule has 18 heavy (non-hydrogen) atoms. The van der Waals surface area contributed by atoms with Gasteiger partial charge in [-0.25, -0.2) is 9.37 Å². The topological polar surface area (TPSA) is 28.7 Å². The molecule has 1 N–H and O–H groups in total. The van der Waals surface area contributed by atoms with Crippen LogP contribution in [0.15, 0.2) is 22.7 Å². The first-order valence-corrected chi connectivity index (χ1v) is 6.74. The lowest BCUT2D eigenvalue weighted by Gasteiger charge is -2.06. The fraction of sp³-hybridized carbons (Fsp3) is 0.167. The summed E-state index contributed by atoms with van der Waals surface area (Å²) in [6.45, 7) is 1.90. The van der Waals surface area contributed by atoms with Crippen LogP contribution in [0.3, 0.4) is 0 Å². The molecular weight excluding hydrogens is 339 g/mol. The van der Waals surface area contributed by atoms with E-state index in [1.54, 1.807) is 6.07 Å². The molecule has 2 rings (SSSR count). The second-order valence-electron chi connectivity index (χ2n) is 3.84. The highest BCUT2D eigenvalue weighted by Gasteiger charge is 2.07. The van der Waals surface area contributed by atoms with Crippen LogP contribution in [0.1, 0.15) is 17.1 Å². The molecule has 0 saturated heterocycles. The number of hydrogen-bond donors (Lipinski definition) is 1. The van der Waals surface area contributed by atoms with E-state index in [9.17, 15) is 4.39 Å². The molecule has 0 saturated carbocycles. The zero-order valence-corrected chi connectivity index (χ0v) is 12.6. The Morgan fingerprint density at radius 3 is 2.83 bits per heavy atom. The monoisotopic (exact) mass is 346 g/mol. The van der Waals surface area contributed by atoms with Gasteiger partial charge in [0.05, 0.1) is 4.47 Å². The van der Waals surface area contributed by atoms with Crippen LogP contribution in [0.4, 0.5) is 4.39 Å². The van der Waals surface area contributed by atoms with E-state index < -0.39 is 0 Å². The van der Waals surface area contributed by atoms with E-state index in [0.29, 0.717) is 21.9 Å². The molecule has 1 aromatic carbocycles. The second kappa shape index (κ2) is 5.47. The molecule has 2 aromatic rings. The number of nitrogens with one attached hydrogen (secondary N) is 1. The summed E-state index contributed by atoms with van der Waals surface area (Å²) >= 11 is 14.4. The number of nitrogens with zero attached hydrogens (tertiary/aromatic N) is 1. The molecule has 1 aromatic heterocycles. The first-order chi connectivity index (χ1) is 8.47. The van der Waals surface area contributed by atoms with Gasteiger partial charge in [0.1, 0.15) is 16.3 Å². The Hall–Kier alpha value is -0.780. The molecule has 0 spiro atoms. The molecule has 0 fully saturated rings. The highest BCUT2D eigenvalue weighted by atomic mass is 79.9. The SMILES string of the molecule is Cc1[nH]c(Cc2ccc(F)cc2Cl)nc(=S)c1Br. The van der Waals surface area contributed by atoms with Gasteiger partial charge in [-0.3, -0.25) is 0 Å². The summed E-state index contributed by atoms with van der Waals surface area (Å²) in [5.74, 6) is 0.353. The van der Waals surface area contributed by atoms with E-state index >= 15 is 0 Å². The van der Waals surface area contributed by atoms with Gasteiger partial charge in [-0.2, -0.15) is 0 Å². The average molecular weight is 348 g/mol. The van der Waals surface area contributed by atoms with E-state index in [1.807, 2.05) is 6.92 Å². The molecule has 0 aliphatic carbocycles. The number of aromatic nitrogens is 2. The van der Waals surface area contributed by atoms with Crippen molar-refractivity contribution in [1.29, 1.82) is 0 Å². The van der Waals surface area contributed by atoms with Crippen molar-refractivity contribution in [1.82, 2.24) is 9.97 Å². The molecule has 0 atom stereocenters. The van der Waals surface area contributed by atoms with Crippen LogP contribution >= 0.6 is 39.7 Å². The fourth-order valence-corrected chi connectivity index (χ4v) is 2.25. The number of hydrogen-bond acceptors (Lipinski definition) is 2. The number of aryl methyl sites for hydroxylation is 1. The Morgan fingerprint density at radius 1 is 1.50 bits per heavy atom. The van der Waals surface area contributed by atoms with Crippen molar-refractivity contribution < 1.29 is 4.39 Å². The third-order valence-electron chi connectivity index (χ3n) is 2.46. The number of benzene rings is 1. The Labute approximate surface area is 122 Å². The minimum Gasteiger partial charge on any atom is -0.346 e. The first kappa shape index (κ1) is 13.6. The molecule has 0 aliphatic rings. The van der Waals surface area contributed by atoms with E-state index in [4.69, 9.17) is 23.8 Å². The Balaban J connectivity index is 2.37. The molecule has 6 heteroatoms. The van der Waals surface area contributed by atoms with Crippen molar-refractivity contribution in [2.24, 2.45) is 0 Å². The Morgan fingerprint density at radius 2 is 2.22 bits per heavy atom. The maximum Gasteiger partial charge on any atom is 0.144 e. The van der Waals surface area contributed by atoms with Crippen LogP contribution < -0.4 is 0 Å². The molecule has 0 aliphatic heterocycles. The summed E-state index contributed by atoms with van der Waals surface area (Å²) < 4.78 is 14.2. The molecular formula is C12H9BrClFN2S. The minimum absolute atomic E-state index is 0.350. The number of aromatic amines is 1. The van der Waals surface area contributed by atoms with E-state index in [2.05, 4.69) is 25.9 Å². The fourth-order valence-electron chi connectivity index (χ4n) is 1.56. The predicted octanol–water partition coefficient (Wildman–Crippen LogP) is 4.59. The Bertz CT molecular complexity index is 657. The summed E-state index contributed by atoms with van der Waals surface area (Å²) in [5.41, 5.74) is 1.71. The molecule has 0 amide bonds. The van der Waals surface area contributed by atoms with E-state index in [0.717, 1.165) is 15.7 Å². The summed E-state index contributed by atoms with van der Waals surface area (Å²) in [7, 11) is 0. The van der Waals surface area contributed by atoms with Crippen molar-refractivity contribution in [3.05, 3.63) is 55.2 Å². The highest BCUT2D eigenvalue weighted by molar-refractivity contribution is 9.10. The molecule has 2 nitrogen and oxygen atoms in total. The van der Waals surface area contributed by atoms with Gasteiger partial charge >= 0.3 is 0 Å². The van der Waals surface area contributed by atoms with Gasteiger partial charge in [0.2, 0.25) is 0 Å². The van der Waals surface area contributed by atoms with Gasteiger partial charge in [-0.05, 0) is 40.5 Å². The van der Waals surface area contributed by atoms with Crippen molar-refractivity contribution in [3.8, 4) is 0 Å². The number of rotatable bonds is 2. The Kier molecular flexibility index (Phi) is 4.14. The zero-order valence-electron chi connectivity index (χ0n) is 9.43. The van der Waals surface area contributed by atoms with E-state index in [1.165, 1.54) is 12.1 Å². The lowest BCUT2D eigenvalue weighted by Crippen LogP contribution is -2.00. The van der Waals surface area contributed by atoms with E-state index in [-0.39, 0.29) is 5.82 Å². The van der Waals surface area contributed by atoms with Gasteiger partial charge in [0.15, 0.2) is 0 Å². The predicted molar refractivity (Wildman–Crippen MR) is 76.1 cm³/mol. The number of H-pyrrole nitrogens is 1. The normalized spacial score (nSPS) is 10.7.